The molecule has 0 bridgehead atoms. The number of carbonyl (C=O) groups is 1. The van der Waals surface area contributed by atoms with Crippen LogP contribution < -0.4 is 5.32 Å². The highest BCUT2D eigenvalue weighted by Gasteiger charge is 2.26. The van der Waals surface area contributed by atoms with Crippen molar-refractivity contribution in [2.45, 2.75) is 52.6 Å². The summed E-state index contributed by atoms with van der Waals surface area (Å²) in [6, 6.07) is 8.48. The molecule has 0 saturated carbocycles. The Hall–Kier alpha value is -1.71. The maximum absolute atomic E-state index is 12.1. The third-order valence-corrected chi connectivity index (χ3v) is 4.25. The van der Waals surface area contributed by atoms with Gasteiger partial charge in [0.25, 0.3) is 0 Å². The number of carbonyl (C=O) groups excluding carboxylic acids is 1. The van der Waals surface area contributed by atoms with Crippen molar-refractivity contribution in [1.82, 2.24) is 4.90 Å². The fraction of sp³-hybridized carbons (Fsp3) is 0.632. The maximum atomic E-state index is 12.1. The lowest BCUT2D eigenvalue weighted by Crippen LogP contribution is -2.42. The minimum atomic E-state index is -0.417. The van der Waals surface area contributed by atoms with E-state index in [4.69, 9.17) is 4.74 Å². The molecule has 0 aromatic heterocycles. The smallest absolute Gasteiger partial charge is 0.410 e. The van der Waals surface area contributed by atoms with Crippen LogP contribution >= 0.6 is 0 Å². The van der Waals surface area contributed by atoms with Gasteiger partial charge in [-0.3, -0.25) is 0 Å². The molecule has 1 heterocycles. The van der Waals surface area contributed by atoms with Gasteiger partial charge < -0.3 is 15.0 Å². The second-order valence-electron chi connectivity index (χ2n) is 7.30. The van der Waals surface area contributed by atoms with Crippen molar-refractivity contribution >= 4 is 11.8 Å². The molecule has 1 aromatic carbocycles. The Labute approximate surface area is 140 Å². The number of hydrogen-bond donors (Lipinski definition) is 1. The molecule has 0 unspecified atom stereocenters. The number of hydrogen-bond acceptors (Lipinski definition) is 3. The predicted octanol–water partition coefficient (Wildman–Crippen LogP) is 4.31. The summed E-state index contributed by atoms with van der Waals surface area (Å²) in [6.07, 6.45) is 2.92. The van der Waals surface area contributed by atoms with Gasteiger partial charge in [0.15, 0.2) is 0 Å². The van der Waals surface area contributed by atoms with Gasteiger partial charge in [0.05, 0.1) is 0 Å². The van der Waals surface area contributed by atoms with Gasteiger partial charge in [-0.2, -0.15) is 0 Å². The van der Waals surface area contributed by atoms with Gasteiger partial charge >= 0.3 is 6.09 Å². The van der Waals surface area contributed by atoms with Crippen LogP contribution in [0.1, 0.15) is 46.1 Å². The first-order chi connectivity index (χ1) is 10.9. The van der Waals surface area contributed by atoms with Crippen molar-refractivity contribution in [3.63, 3.8) is 0 Å². The number of rotatable bonds is 4. The average Bonchev–Trinajstić information content (AvgIpc) is 2.52. The SMILES string of the molecule is CCc1ccccc1NCC1CCN(C(=O)OC(C)(C)C)CC1. The van der Waals surface area contributed by atoms with E-state index in [1.807, 2.05) is 25.7 Å². The molecular formula is C19H30N2O2. The lowest BCUT2D eigenvalue weighted by atomic mass is 9.96. The predicted molar refractivity (Wildman–Crippen MR) is 94.8 cm³/mol. The summed E-state index contributed by atoms with van der Waals surface area (Å²) in [4.78, 5) is 13.9. The Bertz CT molecular complexity index is 514. The average molecular weight is 318 g/mol. The van der Waals surface area contributed by atoms with Crippen LogP contribution in [0.5, 0.6) is 0 Å². The fourth-order valence-electron chi connectivity index (χ4n) is 2.90. The summed E-state index contributed by atoms with van der Waals surface area (Å²) in [7, 11) is 0. The second-order valence-corrected chi connectivity index (χ2v) is 7.30. The van der Waals surface area contributed by atoms with Gasteiger partial charge in [-0.1, -0.05) is 25.1 Å². The number of nitrogens with zero attached hydrogens (tertiary/aromatic N) is 1. The molecule has 0 radical (unpaired) electrons. The van der Waals surface area contributed by atoms with Crippen molar-refractivity contribution in [3.05, 3.63) is 29.8 Å². The number of amides is 1. The van der Waals surface area contributed by atoms with Gasteiger partial charge in [-0.15, -0.1) is 0 Å². The standard InChI is InChI=1S/C19H30N2O2/c1-5-16-8-6-7-9-17(16)20-14-15-10-12-21(13-11-15)18(22)23-19(2,3)4/h6-9,15,20H,5,10-14H2,1-4H3. The van der Waals surface area contributed by atoms with Crippen LogP contribution in [0.25, 0.3) is 0 Å². The van der Waals surface area contributed by atoms with Crippen molar-refractivity contribution in [1.29, 1.82) is 0 Å². The maximum Gasteiger partial charge on any atom is 0.410 e. The minimum Gasteiger partial charge on any atom is -0.444 e. The normalized spacial score (nSPS) is 16.3. The molecule has 4 nitrogen and oxygen atoms in total. The molecule has 1 aromatic rings. The lowest BCUT2D eigenvalue weighted by molar-refractivity contribution is 0.0188. The Morgan fingerprint density at radius 3 is 2.52 bits per heavy atom. The summed E-state index contributed by atoms with van der Waals surface area (Å²) in [5.41, 5.74) is 2.18. The summed E-state index contributed by atoms with van der Waals surface area (Å²) >= 11 is 0. The Morgan fingerprint density at radius 2 is 1.91 bits per heavy atom. The monoisotopic (exact) mass is 318 g/mol. The van der Waals surface area contributed by atoms with Crippen molar-refractivity contribution in [2.24, 2.45) is 5.92 Å². The Balaban J connectivity index is 1.78. The van der Waals surface area contributed by atoms with E-state index < -0.39 is 5.60 Å². The number of benzene rings is 1. The van der Waals surface area contributed by atoms with E-state index in [9.17, 15) is 4.79 Å². The third-order valence-electron chi connectivity index (χ3n) is 4.25. The van der Waals surface area contributed by atoms with E-state index in [0.717, 1.165) is 38.9 Å². The van der Waals surface area contributed by atoms with E-state index in [-0.39, 0.29) is 6.09 Å². The molecule has 1 aliphatic rings. The molecule has 0 spiro atoms. The van der Waals surface area contributed by atoms with Crippen molar-refractivity contribution < 1.29 is 9.53 Å². The molecule has 23 heavy (non-hydrogen) atoms. The molecule has 1 fully saturated rings. The number of nitrogens with one attached hydrogen (secondary N) is 1. The molecule has 2 rings (SSSR count). The van der Waals surface area contributed by atoms with E-state index in [0.29, 0.717) is 5.92 Å². The van der Waals surface area contributed by atoms with Gasteiger partial charge in [0, 0.05) is 25.3 Å². The summed E-state index contributed by atoms with van der Waals surface area (Å²) in [6.45, 7) is 10.5. The lowest BCUT2D eigenvalue weighted by Gasteiger charge is -2.33. The van der Waals surface area contributed by atoms with Crippen molar-refractivity contribution in [3.8, 4) is 0 Å². The van der Waals surface area contributed by atoms with Crippen LogP contribution in [0.3, 0.4) is 0 Å². The zero-order valence-electron chi connectivity index (χ0n) is 14.9. The van der Waals surface area contributed by atoms with Gasteiger partial charge in [-0.05, 0) is 57.6 Å². The Morgan fingerprint density at radius 1 is 1.26 bits per heavy atom. The molecular weight excluding hydrogens is 288 g/mol. The molecule has 1 aliphatic heterocycles. The second kappa shape index (κ2) is 7.71. The summed E-state index contributed by atoms with van der Waals surface area (Å²) < 4.78 is 5.44. The highest BCUT2D eigenvalue weighted by atomic mass is 16.6. The van der Waals surface area contributed by atoms with E-state index in [2.05, 4.69) is 36.5 Å². The number of aryl methyl sites for hydroxylation is 1. The number of likely N-dealkylation sites (tertiary alicyclic amines) is 1. The van der Waals surface area contributed by atoms with Crippen LogP contribution in [0.4, 0.5) is 10.5 Å². The van der Waals surface area contributed by atoms with Gasteiger partial charge in [0.2, 0.25) is 0 Å². The molecule has 128 valence electrons. The highest BCUT2D eigenvalue weighted by molar-refractivity contribution is 5.68. The number of anilines is 1. The minimum absolute atomic E-state index is 0.180. The first-order valence-electron chi connectivity index (χ1n) is 8.68. The molecule has 4 heteroatoms. The van der Waals surface area contributed by atoms with Crippen molar-refractivity contribution in [2.75, 3.05) is 25.0 Å². The van der Waals surface area contributed by atoms with Crippen LogP contribution in [0, 0.1) is 5.92 Å². The quantitative estimate of drug-likeness (QED) is 0.899. The zero-order chi connectivity index (χ0) is 16.9. The fourth-order valence-corrected chi connectivity index (χ4v) is 2.90. The molecule has 0 aliphatic carbocycles. The molecule has 1 saturated heterocycles. The first kappa shape index (κ1) is 17.6. The summed E-state index contributed by atoms with van der Waals surface area (Å²) in [5.74, 6) is 0.610. The number of piperidine rings is 1. The van der Waals surface area contributed by atoms with Crippen LogP contribution in [0.2, 0.25) is 0 Å². The largest absolute Gasteiger partial charge is 0.444 e. The molecule has 0 atom stereocenters. The van der Waals surface area contributed by atoms with Crippen LogP contribution in [-0.2, 0) is 11.2 Å². The topological polar surface area (TPSA) is 41.6 Å². The highest BCUT2D eigenvalue weighted by Crippen LogP contribution is 2.22. The first-order valence-corrected chi connectivity index (χ1v) is 8.68. The van der Waals surface area contributed by atoms with Gasteiger partial charge in [-0.25, -0.2) is 4.79 Å². The third kappa shape index (κ3) is 5.45. The van der Waals surface area contributed by atoms with Crippen LogP contribution in [0.15, 0.2) is 24.3 Å². The van der Waals surface area contributed by atoms with Gasteiger partial charge in [0.1, 0.15) is 5.60 Å². The molecule has 1 amide bonds. The van der Waals surface area contributed by atoms with E-state index in [1.165, 1.54) is 11.3 Å². The molecule has 1 N–H and O–H groups in total. The number of para-hydroxylation sites is 1. The zero-order valence-corrected chi connectivity index (χ0v) is 14.9. The summed E-state index contributed by atoms with van der Waals surface area (Å²) in [5, 5.41) is 3.58. The van der Waals surface area contributed by atoms with E-state index >= 15 is 0 Å². The number of ether oxygens (including phenoxy) is 1. The van der Waals surface area contributed by atoms with E-state index in [1.54, 1.807) is 0 Å². The van der Waals surface area contributed by atoms with Crippen LogP contribution in [-0.4, -0.2) is 36.2 Å². The Kier molecular flexibility index (Phi) is 5.91.